The molecule has 0 radical (unpaired) electrons. The van der Waals surface area contributed by atoms with E-state index in [4.69, 9.17) is 0 Å². The summed E-state index contributed by atoms with van der Waals surface area (Å²) in [6, 6.07) is 19.2. The second kappa shape index (κ2) is 7.77. The fraction of sp³-hybridized carbons (Fsp3) is 0.227. The highest BCUT2D eigenvalue weighted by Gasteiger charge is 2.13. The van der Waals surface area contributed by atoms with Crippen molar-refractivity contribution in [1.82, 2.24) is 9.88 Å². The zero-order valence-corrected chi connectivity index (χ0v) is 15.1. The summed E-state index contributed by atoms with van der Waals surface area (Å²) in [5, 5.41) is 2.16. The molecular weight excluding hydrogens is 324 g/mol. The molecule has 0 fully saturated rings. The molecule has 1 aliphatic rings. The standard InChI is InChI=1S/C22H22N2S/c1-2-5-18(6-3-1)20-8-12-23-21(17-20)11-15-24-13-9-19(10-14-24)22-7-4-16-25-22/h1-9,12,16-17H,10-11,13-15H2. The lowest BCUT2D eigenvalue weighted by Gasteiger charge is -2.25. The van der Waals surface area contributed by atoms with Crippen molar-refractivity contribution in [2.75, 3.05) is 19.6 Å². The molecule has 0 bridgehead atoms. The van der Waals surface area contributed by atoms with Gasteiger partial charge in [0.1, 0.15) is 0 Å². The first kappa shape index (κ1) is 16.2. The molecule has 0 spiro atoms. The van der Waals surface area contributed by atoms with E-state index in [1.54, 1.807) is 0 Å². The van der Waals surface area contributed by atoms with Gasteiger partial charge in [-0.15, -0.1) is 11.3 Å². The molecule has 3 aromatic rings. The molecule has 3 heteroatoms. The van der Waals surface area contributed by atoms with Crippen molar-refractivity contribution in [3.05, 3.63) is 82.8 Å². The van der Waals surface area contributed by atoms with Crippen LogP contribution in [0.25, 0.3) is 16.7 Å². The number of hydrogen-bond donors (Lipinski definition) is 0. The third-order valence-electron chi connectivity index (χ3n) is 4.74. The summed E-state index contributed by atoms with van der Waals surface area (Å²) in [5.41, 5.74) is 5.20. The molecule has 1 aliphatic heterocycles. The summed E-state index contributed by atoms with van der Waals surface area (Å²) in [4.78, 5) is 8.51. The Hall–Kier alpha value is -2.23. The molecule has 3 heterocycles. The monoisotopic (exact) mass is 346 g/mol. The van der Waals surface area contributed by atoms with Gasteiger partial charge in [0.15, 0.2) is 0 Å². The lowest BCUT2D eigenvalue weighted by atomic mass is 10.0. The molecule has 0 N–H and O–H groups in total. The van der Waals surface area contributed by atoms with Gasteiger partial charge in [0.2, 0.25) is 0 Å². The van der Waals surface area contributed by atoms with Gasteiger partial charge in [-0.1, -0.05) is 42.5 Å². The van der Waals surface area contributed by atoms with E-state index in [1.165, 1.54) is 27.3 Å². The Kier molecular flexibility index (Phi) is 5.05. The van der Waals surface area contributed by atoms with Crippen LogP contribution in [0.2, 0.25) is 0 Å². The molecule has 0 saturated carbocycles. The topological polar surface area (TPSA) is 16.1 Å². The molecule has 0 aliphatic carbocycles. The zero-order valence-electron chi connectivity index (χ0n) is 14.3. The highest BCUT2D eigenvalue weighted by molar-refractivity contribution is 7.11. The summed E-state index contributed by atoms with van der Waals surface area (Å²) in [7, 11) is 0. The first-order valence-corrected chi connectivity index (χ1v) is 9.72. The number of benzene rings is 1. The minimum atomic E-state index is 1.00. The number of pyridine rings is 1. The van der Waals surface area contributed by atoms with E-state index < -0.39 is 0 Å². The third-order valence-corrected chi connectivity index (χ3v) is 5.68. The molecule has 0 saturated heterocycles. The highest BCUT2D eigenvalue weighted by atomic mass is 32.1. The van der Waals surface area contributed by atoms with Crippen LogP contribution in [0.15, 0.2) is 72.3 Å². The van der Waals surface area contributed by atoms with E-state index in [1.807, 2.05) is 17.5 Å². The lowest BCUT2D eigenvalue weighted by Crippen LogP contribution is -2.30. The van der Waals surface area contributed by atoms with Gasteiger partial charge >= 0.3 is 0 Å². The average molecular weight is 346 g/mol. The van der Waals surface area contributed by atoms with Gasteiger partial charge in [0.05, 0.1) is 0 Å². The Morgan fingerprint density at radius 3 is 2.68 bits per heavy atom. The predicted octanol–water partition coefficient (Wildman–Crippen LogP) is 5.14. The van der Waals surface area contributed by atoms with Crippen molar-refractivity contribution in [3.8, 4) is 11.1 Å². The predicted molar refractivity (Wildman–Crippen MR) is 107 cm³/mol. The maximum absolute atomic E-state index is 4.56. The SMILES string of the molecule is C1=C(c2cccs2)CCN(CCc2cc(-c3ccccc3)ccn2)C1. The van der Waals surface area contributed by atoms with E-state index in [0.29, 0.717) is 0 Å². The molecule has 2 aromatic heterocycles. The largest absolute Gasteiger partial charge is 0.299 e. The van der Waals surface area contributed by atoms with Crippen LogP contribution in [0.4, 0.5) is 0 Å². The van der Waals surface area contributed by atoms with Gasteiger partial charge in [-0.3, -0.25) is 9.88 Å². The van der Waals surface area contributed by atoms with Crippen LogP contribution in [-0.4, -0.2) is 29.5 Å². The Balaban J connectivity index is 1.36. The molecule has 2 nitrogen and oxygen atoms in total. The Morgan fingerprint density at radius 1 is 1.00 bits per heavy atom. The normalized spacial score (nSPS) is 15.1. The minimum absolute atomic E-state index is 1.00. The molecule has 4 rings (SSSR count). The van der Waals surface area contributed by atoms with Crippen molar-refractivity contribution < 1.29 is 0 Å². The summed E-state index contributed by atoms with van der Waals surface area (Å²) in [5.74, 6) is 0. The molecular formula is C22H22N2S. The highest BCUT2D eigenvalue weighted by Crippen LogP contribution is 2.26. The maximum Gasteiger partial charge on any atom is 0.0422 e. The third kappa shape index (κ3) is 4.06. The molecule has 0 amide bonds. The van der Waals surface area contributed by atoms with E-state index in [2.05, 4.69) is 75.9 Å². The van der Waals surface area contributed by atoms with Crippen molar-refractivity contribution in [3.63, 3.8) is 0 Å². The Bertz CT molecular complexity index is 837. The molecule has 0 unspecified atom stereocenters. The van der Waals surface area contributed by atoms with Crippen LogP contribution in [0, 0.1) is 0 Å². The van der Waals surface area contributed by atoms with Crippen LogP contribution in [0.3, 0.4) is 0 Å². The van der Waals surface area contributed by atoms with Gasteiger partial charge in [-0.05, 0) is 46.7 Å². The molecule has 1 aromatic carbocycles. The fourth-order valence-electron chi connectivity index (χ4n) is 3.30. The van der Waals surface area contributed by atoms with Crippen LogP contribution in [0.1, 0.15) is 17.0 Å². The van der Waals surface area contributed by atoms with Crippen molar-refractivity contribution in [1.29, 1.82) is 0 Å². The second-order valence-electron chi connectivity index (χ2n) is 6.41. The molecule has 0 atom stereocenters. The Labute approximate surface area is 153 Å². The molecule has 126 valence electrons. The summed E-state index contributed by atoms with van der Waals surface area (Å²) >= 11 is 1.84. The first-order valence-electron chi connectivity index (χ1n) is 8.84. The van der Waals surface area contributed by atoms with E-state index in [9.17, 15) is 0 Å². The number of nitrogens with zero attached hydrogens (tertiary/aromatic N) is 2. The summed E-state index contributed by atoms with van der Waals surface area (Å²) in [6.07, 6.45) is 6.48. The molecule has 25 heavy (non-hydrogen) atoms. The number of hydrogen-bond acceptors (Lipinski definition) is 3. The van der Waals surface area contributed by atoms with E-state index in [-0.39, 0.29) is 0 Å². The van der Waals surface area contributed by atoms with Crippen molar-refractivity contribution in [2.24, 2.45) is 0 Å². The number of rotatable bonds is 5. The average Bonchev–Trinajstić information content (AvgIpc) is 3.23. The lowest BCUT2D eigenvalue weighted by molar-refractivity contribution is 0.305. The van der Waals surface area contributed by atoms with E-state index in [0.717, 1.165) is 32.5 Å². The van der Waals surface area contributed by atoms with Gasteiger partial charge in [0, 0.05) is 42.8 Å². The van der Waals surface area contributed by atoms with Crippen LogP contribution < -0.4 is 0 Å². The summed E-state index contributed by atoms with van der Waals surface area (Å²) < 4.78 is 0. The van der Waals surface area contributed by atoms with Crippen LogP contribution in [-0.2, 0) is 6.42 Å². The first-order chi connectivity index (χ1) is 12.4. The smallest absolute Gasteiger partial charge is 0.0422 e. The van der Waals surface area contributed by atoms with Crippen LogP contribution in [0.5, 0.6) is 0 Å². The number of aromatic nitrogens is 1. The van der Waals surface area contributed by atoms with Gasteiger partial charge in [-0.2, -0.15) is 0 Å². The quantitative estimate of drug-likeness (QED) is 0.636. The zero-order chi connectivity index (χ0) is 16.9. The van der Waals surface area contributed by atoms with Crippen molar-refractivity contribution in [2.45, 2.75) is 12.8 Å². The number of thiophene rings is 1. The van der Waals surface area contributed by atoms with Gasteiger partial charge in [-0.25, -0.2) is 0 Å². The maximum atomic E-state index is 4.56. The van der Waals surface area contributed by atoms with Gasteiger partial charge < -0.3 is 0 Å². The van der Waals surface area contributed by atoms with E-state index >= 15 is 0 Å². The van der Waals surface area contributed by atoms with Crippen molar-refractivity contribution >= 4 is 16.9 Å². The Morgan fingerprint density at radius 2 is 1.92 bits per heavy atom. The summed E-state index contributed by atoms with van der Waals surface area (Å²) in [6.45, 7) is 3.26. The van der Waals surface area contributed by atoms with Gasteiger partial charge in [0.25, 0.3) is 0 Å². The second-order valence-corrected chi connectivity index (χ2v) is 7.36. The minimum Gasteiger partial charge on any atom is -0.299 e. The van der Waals surface area contributed by atoms with Crippen LogP contribution >= 0.6 is 11.3 Å². The fourth-order valence-corrected chi connectivity index (χ4v) is 4.09.